The molecular weight excluding hydrogens is 320 g/mol. The molecule has 3 rings (SSSR count). The maximum atomic E-state index is 5.92. The highest BCUT2D eigenvalue weighted by atomic mass is 28.2. The lowest BCUT2D eigenvalue weighted by atomic mass is 9.93. The Morgan fingerprint density at radius 2 is 1.28 bits per heavy atom. The second kappa shape index (κ2) is 8.61. The fourth-order valence-electron chi connectivity index (χ4n) is 2.85. The first-order chi connectivity index (χ1) is 12.3. The molecule has 3 aromatic carbocycles. The van der Waals surface area contributed by atoms with Crippen LogP contribution in [0.4, 0.5) is 0 Å². The predicted molar refractivity (Wildman–Crippen MR) is 106 cm³/mol. The van der Waals surface area contributed by atoms with Gasteiger partial charge in [0.2, 0.25) is 0 Å². The third kappa shape index (κ3) is 4.56. The average Bonchev–Trinajstić information content (AvgIpc) is 2.64. The van der Waals surface area contributed by atoms with Crippen molar-refractivity contribution in [2.45, 2.75) is 20.5 Å². The van der Waals surface area contributed by atoms with E-state index < -0.39 is 0 Å². The molecule has 0 N–H and O–H groups in total. The smallest absolute Gasteiger partial charge is 0.261 e. The Balaban J connectivity index is 1.84. The highest BCUT2D eigenvalue weighted by molar-refractivity contribution is 6.37. The third-order valence-corrected chi connectivity index (χ3v) is 4.96. The summed E-state index contributed by atoms with van der Waals surface area (Å²) in [5, 5.41) is 0. The number of hydrogen-bond donors (Lipinski definition) is 0. The van der Waals surface area contributed by atoms with Gasteiger partial charge in [-0.05, 0) is 47.2 Å². The maximum absolute atomic E-state index is 5.92. The molecule has 0 aliphatic carbocycles. The molecule has 1 nitrogen and oxygen atoms in total. The summed E-state index contributed by atoms with van der Waals surface area (Å²) in [4.78, 5) is 0. The van der Waals surface area contributed by atoms with Crippen molar-refractivity contribution in [2.24, 2.45) is 0 Å². The standard InChI is InChI=1S/C23H22OSi/c1-18-10-6-8-14-21(18)23(22-15-9-7-11-19(22)2)17-25-24-16-20-12-4-3-5-13-20/h3-15,17H,16H2,1-2H3. The Kier molecular flexibility index (Phi) is 5.99. The minimum Gasteiger partial charge on any atom is -0.408 e. The van der Waals surface area contributed by atoms with Gasteiger partial charge in [0.25, 0.3) is 9.76 Å². The summed E-state index contributed by atoms with van der Waals surface area (Å²) in [7, 11) is 0.320. The lowest BCUT2D eigenvalue weighted by molar-refractivity contribution is 0.330. The van der Waals surface area contributed by atoms with E-state index in [2.05, 4.69) is 80.2 Å². The molecule has 2 radical (unpaired) electrons. The van der Waals surface area contributed by atoms with E-state index >= 15 is 0 Å². The van der Waals surface area contributed by atoms with Gasteiger partial charge in [0.05, 0.1) is 6.61 Å². The van der Waals surface area contributed by atoms with Crippen molar-refractivity contribution in [3.05, 3.63) is 112 Å². The van der Waals surface area contributed by atoms with Gasteiger partial charge in [-0.3, -0.25) is 0 Å². The molecule has 124 valence electrons. The second-order valence-corrected chi connectivity index (χ2v) is 6.89. The van der Waals surface area contributed by atoms with Gasteiger partial charge in [-0.15, -0.1) is 0 Å². The summed E-state index contributed by atoms with van der Waals surface area (Å²) in [5.41, 5.74) is 9.79. The zero-order valence-corrected chi connectivity index (χ0v) is 15.7. The Bertz CT molecular complexity index is 805. The molecule has 0 spiro atoms. The minimum atomic E-state index is 0.320. The third-order valence-electron chi connectivity index (χ3n) is 4.24. The molecule has 0 amide bonds. The van der Waals surface area contributed by atoms with Crippen molar-refractivity contribution >= 4 is 15.3 Å². The summed E-state index contributed by atoms with van der Waals surface area (Å²) in [6, 6.07) is 27.4. The van der Waals surface area contributed by atoms with Crippen molar-refractivity contribution in [1.82, 2.24) is 0 Å². The van der Waals surface area contributed by atoms with Crippen LogP contribution in [-0.2, 0) is 11.0 Å². The van der Waals surface area contributed by atoms with Crippen molar-refractivity contribution in [3.63, 3.8) is 0 Å². The second-order valence-electron chi connectivity index (χ2n) is 6.08. The molecule has 0 bridgehead atoms. The Hall–Kier alpha value is -2.42. The first kappa shape index (κ1) is 17.4. The van der Waals surface area contributed by atoms with E-state index in [-0.39, 0.29) is 0 Å². The minimum absolute atomic E-state index is 0.320. The van der Waals surface area contributed by atoms with Gasteiger partial charge in [-0.25, -0.2) is 0 Å². The highest BCUT2D eigenvalue weighted by Gasteiger charge is 2.10. The lowest BCUT2D eigenvalue weighted by Crippen LogP contribution is -2.00. The Labute approximate surface area is 152 Å². The predicted octanol–water partition coefficient (Wildman–Crippen LogP) is 5.53. The van der Waals surface area contributed by atoms with Gasteiger partial charge >= 0.3 is 0 Å². The van der Waals surface area contributed by atoms with Crippen LogP contribution >= 0.6 is 0 Å². The number of rotatable bonds is 6. The largest absolute Gasteiger partial charge is 0.408 e. The molecule has 0 aromatic heterocycles. The summed E-state index contributed by atoms with van der Waals surface area (Å²) in [6.45, 7) is 4.97. The Morgan fingerprint density at radius 3 is 1.84 bits per heavy atom. The van der Waals surface area contributed by atoms with Gasteiger partial charge in [0, 0.05) is 0 Å². The van der Waals surface area contributed by atoms with Crippen molar-refractivity contribution < 1.29 is 4.43 Å². The van der Waals surface area contributed by atoms with Crippen molar-refractivity contribution in [3.8, 4) is 0 Å². The van der Waals surface area contributed by atoms with Crippen LogP contribution in [0, 0.1) is 13.8 Å². The lowest BCUT2D eigenvalue weighted by Gasteiger charge is -2.14. The van der Waals surface area contributed by atoms with E-state index in [0.717, 1.165) is 0 Å². The summed E-state index contributed by atoms with van der Waals surface area (Å²) in [5.74, 6) is 0. The molecule has 0 heterocycles. The van der Waals surface area contributed by atoms with Gasteiger partial charge in [-0.2, -0.15) is 0 Å². The molecule has 0 fully saturated rings. The quantitative estimate of drug-likeness (QED) is 0.423. The topological polar surface area (TPSA) is 9.23 Å². The van der Waals surface area contributed by atoms with E-state index in [4.69, 9.17) is 4.43 Å². The summed E-state index contributed by atoms with van der Waals surface area (Å²) in [6.07, 6.45) is 0. The van der Waals surface area contributed by atoms with E-state index in [0.29, 0.717) is 16.4 Å². The van der Waals surface area contributed by atoms with E-state index in [1.165, 1.54) is 33.4 Å². The molecule has 0 saturated carbocycles. The van der Waals surface area contributed by atoms with Crippen LogP contribution in [0.25, 0.3) is 5.57 Å². The normalized spacial score (nSPS) is 10.5. The molecule has 0 unspecified atom stereocenters. The van der Waals surface area contributed by atoms with Crippen LogP contribution in [0.3, 0.4) is 0 Å². The van der Waals surface area contributed by atoms with E-state index in [1.54, 1.807) is 0 Å². The molecule has 2 heteroatoms. The molecule has 0 saturated heterocycles. The zero-order chi connectivity index (χ0) is 17.5. The molecule has 0 atom stereocenters. The van der Waals surface area contributed by atoms with E-state index in [1.807, 2.05) is 18.2 Å². The van der Waals surface area contributed by atoms with Crippen LogP contribution < -0.4 is 0 Å². The van der Waals surface area contributed by atoms with Crippen molar-refractivity contribution in [2.75, 3.05) is 0 Å². The summed E-state index contributed by atoms with van der Waals surface area (Å²) < 4.78 is 5.92. The van der Waals surface area contributed by atoms with Crippen LogP contribution in [0.1, 0.15) is 27.8 Å². The number of hydrogen-bond acceptors (Lipinski definition) is 1. The number of benzene rings is 3. The number of aryl methyl sites for hydroxylation is 2. The van der Waals surface area contributed by atoms with Crippen molar-refractivity contribution in [1.29, 1.82) is 0 Å². The molecule has 3 aromatic rings. The summed E-state index contributed by atoms with van der Waals surface area (Å²) >= 11 is 0. The molecule has 0 aliphatic rings. The SMILES string of the molecule is Cc1ccccc1C(=C[Si]OCc1ccccc1)c1ccccc1C. The first-order valence-electron chi connectivity index (χ1n) is 8.49. The molecule has 0 aliphatic heterocycles. The van der Waals surface area contributed by atoms with Crippen LogP contribution in [0.5, 0.6) is 0 Å². The van der Waals surface area contributed by atoms with Crippen LogP contribution in [0.2, 0.25) is 0 Å². The Morgan fingerprint density at radius 1 is 0.760 bits per heavy atom. The zero-order valence-electron chi connectivity index (χ0n) is 14.7. The fraction of sp³-hybridized carbons (Fsp3) is 0.130. The first-order valence-corrected chi connectivity index (χ1v) is 9.47. The van der Waals surface area contributed by atoms with Crippen LogP contribution in [-0.4, -0.2) is 9.76 Å². The highest BCUT2D eigenvalue weighted by Crippen LogP contribution is 2.28. The van der Waals surface area contributed by atoms with Crippen LogP contribution in [0.15, 0.2) is 84.6 Å². The van der Waals surface area contributed by atoms with Gasteiger partial charge < -0.3 is 4.43 Å². The average molecular weight is 343 g/mol. The molecule has 25 heavy (non-hydrogen) atoms. The van der Waals surface area contributed by atoms with Gasteiger partial charge in [-0.1, -0.05) is 84.6 Å². The molecular formula is C23H22OSi. The van der Waals surface area contributed by atoms with Gasteiger partial charge in [0.15, 0.2) is 0 Å². The fourth-order valence-corrected chi connectivity index (χ4v) is 3.61. The van der Waals surface area contributed by atoms with E-state index in [9.17, 15) is 0 Å². The van der Waals surface area contributed by atoms with Gasteiger partial charge in [0.1, 0.15) is 0 Å². The maximum Gasteiger partial charge on any atom is 0.261 e. The monoisotopic (exact) mass is 342 g/mol.